The number of hydrogen-bond acceptors (Lipinski definition) is 3. The Hall–Kier alpha value is -1.27. The van der Waals surface area contributed by atoms with Crippen LogP contribution >= 0.6 is 28.1 Å². The van der Waals surface area contributed by atoms with Crippen molar-refractivity contribution in [1.82, 2.24) is 5.32 Å². The summed E-state index contributed by atoms with van der Waals surface area (Å²) >= 11 is 8.53. The topological polar surface area (TPSA) is 58.2 Å². The number of thiocarbonyl (C=S) groups is 1. The second kappa shape index (κ2) is 7.09. The van der Waals surface area contributed by atoms with Gasteiger partial charge in [0.15, 0.2) is 5.11 Å². The van der Waals surface area contributed by atoms with E-state index in [-0.39, 0.29) is 34.1 Å². The number of anilines is 1. The molecular weight excluding hydrogens is 376 g/mol. The molecule has 1 aromatic rings. The van der Waals surface area contributed by atoms with E-state index in [9.17, 15) is 9.59 Å². The highest BCUT2D eigenvalue weighted by Crippen LogP contribution is 2.53. The molecule has 4 nitrogen and oxygen atoms in total. The van der Waals surface area contributed by atoms with Gasteiger partial charge < -0.3 is 10.6 Å². The van der Waals surface area contributed by atoms with Gasteiger partial charge in [-0.2, -0.15) is 0 Å². The largest absolute Gasteiger partial charge is 0.332 e. The van der Waals surface area contributed by atoms with Gasteiger partial charge in [-0.3, -0.25) is 9.59 Å². The summed E-state index contributed by atoms with van der Waals surface area (Å²) in [6.45, 7) is 5.73. The Morgan fingerprint density at radius 2 is 1.91 bits per heavy atom. The predicted octanol–water partition coefficient (Wildman–Crippen LogP) is 3.90. The molecule has 1 aromatic carbocycles. The highest BCUT2D eigenvalue weighted by atomic mass is 79.9. The van der Waals surface area contributed by atoms with Crippen LogP contribution in [0.2, 0.25) is 0 Å². The number of ketones is 1. The number of carbonyl (C=O) groups excluding carboxylic acids is 2. The molecule has 0 bridgehead atoms. The lowest BCUT2D eigenvalue weighted by molar-refractivity contribution is -0.140. The fraction of sp³-hybridized carbons (Fsp3) is 0.471. The molecule has 0 saturated heterocycles. The number of nitrogens with one attached hydrogen (secondary N) is 2. The van der Waals surface area contributed by atoms with E-state index in [0.29, 0.717) is 6.42 Å². The van der Waals surface area contributed by atoms with Gasteiger partial charge >= 0.3 is 0 Å². The van der Waals surface area contributed by atoms with Crippen LogP contribution in [0.5, 0.6) is 0 Å². The molecule has 1 aliphatic carbocycles. The number of amides is 1. The van der Waals surface area contributed by atoms with Crippen LogP contribution in [0.1, 0.15) is 33.6 Å². The van der Waals surface area contributed by atoms with Crippen molar-refractivity contribution in [2.75, 3.05) is 5.32 Å². The summed E-state index contributed by atoms with van der Waals surface area (Å²) in [7, 11) is 0. The summed E-state index contributed by atoms with van der Waals surface area (Å²) in [5, 5.41) is 5.98. The molecule has 1 fully saturated rings. The van der Waals surface area contributed by atoms with Crippen LogP contribution in [0, 0.1) is 17.3 Å². The summed E-state index contributed by atoms with van der Waals surface area (Å²) < 4.78 is 0.977. The second-order valence-electron chi connectivity index (χ2n) is 6.63. The standard InChI is InChI=1S/C17H21BrN2O2S/c1-10(21)14-8-11(17(14,2)3)9-15(22)20-16(23)19-13-6-4-12(18)5-7-13/h4-7,11,14H,8-9H2,1-3H3,(H2,19,20,22,23)/t11-,14+/m1/s1. The Bertz CT molecular complexity index is 628. The zero-order valence-electron chi connectivity index (χ0n) is 13.5. The first-order chi connectivity index (χ1) is 10.7. The Morgan fingerprint density at radius 3 is 2.43 bits per heavy atom. The number of carbonyl (C=O) groups is 2. The average Bonchev–Trinajstić information content (AvgIpc) is 2.45. The SMILES string of the molecule is CC(=O)[C@@H]1C[C@H](CC(=O)NC(=S)Nc2ccc(Br)cc2)C1(C)C. The van der Waals surface area contributed by atoms with Crippen molar-refractivity contribution in [3.05, 3.63) is 28.7 Å². The third-order valence-corrected chi connectivity index (χ3v) is 5.48. The Labute approximate surface area is 150 Å². The highest BCUT2D eigenvalue weighted by Gasteiger charge is 2.50. The molecule has 1 aliphatic rings. The van der Waals surface area contributed by atoms with Crippen LogP contribution in [0.25, 0.3) is 0 Å². The lowest BCUT2D eigenvalue weighted by Gasteiger charge is -2.51. The molecule has 6 heteroatoms. The van der Waals surface area contributed by atoms with Gasteiger partial charge in [0.25, 0.3) is 0 Å². The summed E-state index contributed by atoms with van der Waals surface area (Å²) in [5.41, 5.74) is 0.698. The number of hydrogen-bond donors (Lipinski definition) is 2. The molecule has 0 aromatic heterocycles. The third kappa shape index (κ3) is 4.38. The van der Waals surface area contributed by atoms with Crippen molar-refractivity contribution in [1.29, 1.82) is 0 Å². The van der Waals surface area contributed by atoms with Gasteiger partial charge in [0, 0.05) is 22.5 Å². The molecule has 0 unspecified atom stereocenters. The molecule has 23 heavy (non-hydrogen) atoms. The number of benzene rings is 1. The van der Waals surface area contributed by atoms with E-state index in [1.165, 1.54) is 0 Å². The van der Waals surface area contributed by atoms with Gasteiger partial charge in [-0.1, -0.05) is 29.8 Å². The van der Waals surface area contributed by atoms with E-state index in [1.807, 2.05) is 24.3 Å². The number of rotatable bonds is 4. The first-order valence-electron chi connectivity index (χ1n) is 7.57. The van der Waals surface area contributed by atoms with Crippen LogP contribution in [0.3, 0.4) is 0 Å². The maximum absolute atomic E-state index is 12.1. The smallest absolute Gasteiger partial charge is 0.226 e. The molecule has 0 radical (unpaired) electrons. The number of Topliss-reactive ketones (excluding diaryl/α,β-unsaturated/α-hetero) is 1. The first kappa shape index (κ1) is 18.1. The molecule has 2 atom stereocenters. The minimum absolute atomic E-state index is 0.0631. The Morgan fingerprint density at radius 1 is 1.30 bits per heavy atom. The van der Waals surface area contributed by atoms with E-state index in [4.69, 9.17) is 12.2 Å². The van der Waals surface area contributed by atoms with Gasteiger partial charge in [0.05, 0.1) is 0 Å². The molecule has 0 aliphatic heterocycles. The molecule has 2 rings (SSSR count). The van der Waals surface area contributed by atoms with Crippen molar-refractivity contribution in [2.24, 2.45) is 17.3 Å². The Balaban J connectivity index is 1.82. The normalized spacial score (nSPS) is 21.9. The zero-order valence-corrected chi connectivity index (χ0v) is 15.9. The van der Waals surface area contributed by atoms with Crippen LogP contribution in [0.4, 0.5) is 5.69 Å². The van der Waals surface area contributed by atoms with Gasteiger partial charge in [0.2, 0.25) is 5.91 Å². The first-order valence-corrected chi connectivity index (χ1v) is 8.77. The van der Waals surface area contributed by atoms with Gasteiger partial charge in [-0.25, -0.2) is 0 Å². The van der Waals surface area contributed by atoms with Crippen LogP contribution in [0.15, 0.2) is 28.7 Å². The lowest BCUT2D eigenvalue weighted by Crippen LogP contribution is -2.50. The van der Waals surface area contributed by atoms with Crippen molar-refractivity contribution in [2.45, 2.75) is 33.6 Å². The molecule has 124 valence electrons. The maximum atomic E-state index is 12.1. The second-order valence-corrected chi connectivity index (χ2v) is 7.95. The van der Waals surface area contributed by atoms with Gasteiger partial charge in [0.1, 0.15) is 5.78 Å². The summed E-state index contributed by atoms with van der Waals surface area (Å²) in [4.78, 5) is 23.7. The molecule has 0 heterocycles. The van der Waals surface area contributed by atoms with E-state index < -0.39 is 0 Å². The summed E-state index contributed by atoms with van der Waals surface area (Å²) in [6.07, 6.45) is 1.17. The quantitative estimate of drug-likeness (QED) is 0.757. The maximum Gasteiger partial charge on any atom is 0.226 e. The van der Waals surface area contributed by atoms with Gasteiger partial charge in [-0.15, -0.1) is 0 Å². The van der Waals surface area contributed by atoms with Crippen LogP contribution in [-0.2, 0) is 9.59 Å². The minimum Gasteiger partial charge on any atom is -0.332 e. The monoisotopic (exact) mass is 396 g/mol. The van der Waals surface area contributed by atoms with Crippen LogP contribution in [-0.4, -0.2) is 16.8 Å². The van der Waals surface area contributed by atoms with Crippen molar-refractivity contribution in [3.8, 4) is 0 Å². The van der Waals surface area contributed by atoms with Crippen molar-refractivity contribution < 1.29 is 9.59 Å². The Kier molecular flexibility index (Phi) is 5.57. The van der Waals surface area contributed by atoms with E-state index in [0.717, 1.165) is 16.6 Å². The predicted molar refractivity (Wildman–Crippen MR) is 99.2 cm³/mol. The fourth-order valence-electron chi connectivity index (χ4n) is 3.15. The fourth-order valence-corrected chi connectivity index (χ4v) is 3.65. The summed E-state index contributed by atoms with van der Waals surface area (Å²) in [5.74, 6) is 0.374. The molecule has 1 saturated carbocycles. The molecule has 2 N–H and O–H groups in total. The molecule has 1 amide bonds. The van der Waals surface area contributed by atoms with E-state index in [1.54, 1.807) is 6.92 Å². The van der Waals surface area contributed by atoms with Crippen molar-refractivity contribution >= 4 is 50.6 Å². The highest BCUT2D eigenvalue weighted by molar-refractivity contribution is 9.10. The zero-order chi connectivity index (χ0) is 17.2. The van der Waals surface area contributed by atoms with Gasteiger partial charge in [-0.05, 0) is 61.2 Å². The minimum atomic E-state index is -0.121. The van der Waals surface area contributed by atoms with E-state index in [2.05, 4.69) is 40.4 Å². The number of halogens is 1. The molecular formula is C17H21BrN2O2S. The summed E-state index contributed by atoms with van der Waals surface area (Å²) in [6, 6.07) is 7.53. The average molecular weight is 397 g/mol. The van der Waals surface area contributed by atoms with Crippen molar-refractivity contribution in [3.63, 3.8) is 0 Å². The van der Waals surface area contributed by atoms with Crippen LogP contribution < -0.4 is 10.6 Å². The van der Waals surface area contributed by atoms with E-state index >= 15 is 0 Å². The third-order valence-electron chi connectivity index (χ3n) is 4.75. The lowest BCUT2D eigenvalue weighted by atomic mass is 9.52. The molecule has 0 spiro atoms.